The number of nitrogens with zero attached hydrogens (tertiary/aromatic N) is 5. The zero-order valence-corrected chi connectivity index (χ0v) is 25.7. The van der Waals surface area contributed by atoms with Gasteiger partial charge in [0, 0.05) is 50.8 Å². The van der Waals surface area contributed by atoms with Crippen LogP contribution < -0.4 is 16.0 Å². The minimum absolute atomic E-state index is 0.00684. The number of aromatic nitrogens is 3. The minimum Gasteiger partial charge on any atom is -0.379 e. The van der Waals surface area contributed by atoms with Crippen molar-refractivity contribution in [2.75, 3.05) is 55.7 Å². The predicted octanol–water partition coefficient (Wildman–Crippen LogP) is 6.30. The highest BCUT2D eigenvalue weighted by atomic mass is 32.1. The van der Waals surface area contributed by atoms with Gasteiger partial charge in [-0.1, -0.05) is 37.3 Å². The molecule has 45 heavy (non-hydrogen) atoms. The van der Waals surface area contributed by atoms with Crippen LogP contribution in [0.1, 0.15) is 34.4 Å². The fourth-order valence-electron chi connectivity index (χ4n) is 5.56. The van der Waals surface area contributed by atoms with Crippen molar-refractivity contribution in [3.63, 3.8) is 0 Å². The van der Waals surface area contributed by atoms with Crippen molar-refractivity contribution >= 4 is 55.6 Å². The number of carbonyl (C=O) groups is 1. The number of hydrogen-bond acceptors (Lipinski definition) is 9. The van der Waals surface area contributed by atoms with Gasteiger partial charge in [-0.15, -0.1) is 11.3 Å². The maximum Gasteiger partial charge on any atom is 0.418 e. The van der Waals surface area contributed by atoms with Gasteiger partial charge >= 0.3 is 6.18 Å². The van der Waals surface area contributed by atoms with Crippen LogP contribution in [0, 0.1) is 0 Å². The lowest BCUT2D eigenvalue weighted by molar-refractivity contribution is -0.137. The SMILES string of the molecule is CCN1CCN(Cc2ccc(NCc3nc(NC(=O)c4nc(NC)c5sccc5n4)cc4ccccc34)c(C(F)(F)F)c2)CC1. The quantitative estimate of drug-likeness (QED) is 0.174. The van der Waals surface area contributed by atoms with Crippen LogP contribution in [0.15, 0.2) is 60.0 Å². The fourth-order valence-corrected chi connectivity index (χ4v) is 6.38. The molecule has 3 aromatic heterocycles. The Labute approximate surface area is 262 Å². The molecule has 0 radical (unpaired) electrons. The Balaban J connectivity index is 1.23. The van der Waals surface area contributed by atoms with Gasteiger partial charge < -0.3 is 20.9 Å². The molecule has 1 amide bonds. The first kappa shape index (κ1) is 30.7. The monoisotopic (exact) mass is 634 g/mol. The Morgan fingerprint density at radius 3 is 2.51 bits per heavy atom. The van der Waals surface area contributed by atoms with E-state index in [1.165, 1.54) is 23.5 Å². The van der Waals surface area contributed by atoms with Crippen molar-refractivity contribution < 1.29 is 18.0 Å². The third-order valence-corrected chi connectivity index (χ3v) is 8.87. The summed E-state index contributed by atoms with van der Waals surface area (Å²) in [5.74, 6) is 0.210. The van der Waals surface area contributed by atoms with E-state index < -0.39 is 17.6 Å². The van der Waals surface area contributed by atoms with E-state index in [0.717, 1.165) is 48.2 Å². The number of halogens is 3. The summed E-state index contributed by atoms with van der Waals surface area (Å²) in [7, 11) is 1.72. The molecule has 2 aromatic carbocycles. The lowest BCUT2D eigenvalue weighted by Gasteiger charge is -2.34. The van der Waals surface area contributed by atoms with Crippen molar-refractivity contribution in [3.05, 3.63) is 82.6 Å². The van der Waals surface area contributed by atoms with Gasteiger partial charge in [-0.2, -0.15) is 13.2 Å². The van der Waals surface area contributed by atoms with Crippen LogP contribution >= 0.6 is 11.3 Å². The van der Waals surface area contributed by atoms with Gasteiger partial charge in [0.15, 0.2) is 0 Å². The van der Waals surface area contributed by atoms with E-state index in [1.54, 1.807) is 19.2 Å². The maximum absolute atomic E-state index is 14.2. The van der Waals surface area contributed by atoms with Crippen molar-refractivity contribution in [3.8, 4) is 0 Å². The van der Waals surface area contributed by atoms with Crippen LogP contribution in [0.25, 0.3) is 21.0 Å². The molecule has 0 aliphatic carbocycles. The van der Waals surface area contributed by atoms with Crippen molar-refractivity contribution in [2.45, 2.75) is 26.2 Å². The van der Waals surface area contributed by atoms with Crippen LogP contribution in [-0.2, 0) is 19.3 Å². The summed E-state index contributed by atoms with van der Waals surface area (Å²) >= 11 is 1.47. The molecule has 0 spiro atoms. The molecule has 1 fully saturated rings. The Morgan fingerprint density at radius 2 is 1.76 bits per heavy atom. The molecule has 0 unspecified atom stereocenters. The van der Waals surface area contributed by atoms with E-state index >= 15 is 0 Å². The van der Waals surface area contributed by atoms with Gasteiger partial charge in [0.1, 0.15) is 11.6 Å². The molecular weight excluding hydrogens is 601 g/mol. The third kappa shape index (κ3) is 6.85. The summed E-state index contributed by atoms with van der Waals surface area (Å²) in [6.45, 7) is 7.04. The van der Waals surface area contributed by atoms with E-state index in [9.17, 15) is 18.0 Å². The van der Waals surface area contributed by atoms with E-state index in [1.807, 2.05) is 35.7 Å². The van der Waals surface area contributed by atoms with Gasteiger partial charge in [0.25, 0.3) is 5.91 Å². The van der Waals surface area contributed by atoms with Gasteiger partial charge in [-0.25, -0.2) is 15.0 Å². The largest absolute Gasteiger partial charge is 0.418 e. The zero-order valence-electron chi connectivity index (χ0n) is 24.9. The smallest absolute Gasteiger partial charge is 0.379 e. The van der Waals surface area contributed by atoms with Crippen molar-refractivity contribution in [2.24, 2.45) is 0 Å². The summed E-state index contributed by atoms with van der Waals surface area (Å²) in [6, 6.07) is 15.4. The number of amides is 1. The number of pyridine rings is 1. The highest BCUT2D eigenvalue weighted by Crippen LogP contribution is 2.36. The summed E-state index contributed by atoms with van der Waals surface area (Å²) in [5, 5.41) is 12.1. The normalized spacial score (nSPS) is 14.6. The molecule has 1 saturated heterocycles. The van der Waals surface area contributed by atoms with E-state index in [-0.39, 0.29) is 23.9 Å². The number of thiophene rings is 1. The Hall–Kier alpha value is -4.33. The number of benzene rings is 2. The number of alkyl halides is 3. The lowest BCUT2D eigenvalue weighted by Crippen LogP contribution is -2.45. The topological polar surface area (TPSA) is 98.3 Å². The van der Waals surface area contributed by atoms with E-state index in [4.69, 9.17) is 0 Å². The Morgan fingerprint density at radius 1 is 0.978 bits per heavy atom. The molecular formula is C32H33F3N8OS. The van der Waals surface area contributed by atoms with Gasteiger partial charge in [-0.05, 0) is 47.1 Å². The third-order valence-electron chi connectivity index (χ3n) is 7.96. The van der Waals surface area contributed by atoms with Gasteiger partial charge in [0.05, 0.1) is 28.0 Å². The second kappa shape index (κ2) is 13.0. The number of hydrogen-bond donors (Lipinski definition) is 3. The number of fused-ring (bicyclic) bond motifs is 2. The average Bonchev–Trinajstić information content (AvgIpc) is 3.52. The summed E-state index contributed by atoms with van der Waals surface area (Å²) in [5.41, 5.74) is 1.00. The van der Waals surface area contributed by atoms with Crippen LogP contribution in [-0.4, -0.2) is 70.4 Å². The van der Waals surface area contributed by atoms with Crippen LogP contribution in [0.4, 0.5) is 30.5 Å². The number of piperazine rings is 1. The summed E-state index contributed by atoms with van der Waals surface area (Å²) < 4.78 is 43.6. The molecule has 0 bridgehead atoms. The maximum atomic E-state index is 14.2. The first-order chi connectivity index (χ1) is 21.7. The fraction of sp³-hybridized carbons (Fsp3) is 0.312. The molecule has 6 rings (SSSR count). The molecule has 1 aliphatic rings. The van der Waals surface area contributed by atoms with Gasteiger partial charge in [-0.3, -0.25) is 9.69 Å². The molecule has 4 heterocycles. The predicted molar refractivity (Wildman–Crippen MR) is 173 cm³/mol. The highest BCUT2D eigenvalue weighted by molar-refractivity contribution is 7.17. The summed E-state index contributed by atoms with van der Waals surface area (Å²) in [4.78, 5) is 31.1. The van der Waals surface area contributed by atoms with Crippen LogP contribution in [0.5, 0.6) is 0 Å². The number of rotatable bonds is 9. The second-order valence-corrected chi connectivity index (χ2v) is 11.8. The zero-order chi connectivity index (χ0) is 31.6. The van der Waals surface area contributed by atoms with Crippen LogP contribution in [0.2, 0.25) is 0 Å². The van der Waals surface area contributed by atoms with Gasteiger partial charge in [0.2, 0.25) is 5.82 Å². The standard InChI is InChI=1S/C32H33F3N8OS/c1-3-42-11-13-43(14-12-42)19-20-8-9-24(23(16-20)32(33,34)35)37-18-26-22-7-5-4-6-21(22)17-27(38-26)40-31(44)30-39-25-10-15-45-28(25)29(36-2)41-30/h4-10,15-17,37H,3,11-14,18-19H2,1-2H3,(H,36,39,41)(H,38,40,44). The lowest BCUT2D eigenvalue weighted by atomic mass is 10.1. The van der Waals surface area contributed by atoms with Crippen LogP contribution in [0.3, 0.4) is 0 Å². The molecule has 1 aliphatic heterocycles. The van der Waals surface area contributed by atoms with Crippen molar-refractivity contribution in [1.82, 2.24) is 24.8 Å². The molecule has 9 nitrogen and oxygen atoms in total. The minimum atomic E-state index is -4.54. The second-order valence-electron chi connectivity index (χ2n) is 10.9. The van der Waals surface area contributed by atoms with E-state index in [0.29, 0.717) is 29.1 Å². The number of likely N-dealkylation sites (N-methyl/N-ethyl adjacent to an activating group) is 1. The molecule has 0 saturated carbocycles. The number of carbonyl (C=O) groups excluding carboxylic acids is 1. The Bertz CT molecular complexity index is 1840. The molecule has 13 heteroatoms. The van der Waals surface area contributed by atoms with Crippen molar-refractivity contribution in [1.29, 1.82) is 0 Å². The summed E-state index contributed by atoms with van der Waals surface area (Å²) in [6.07, 6.45) is -4.54. The number of nitrogens with one attached hydrogen (secondary N) is 3. The molecule has 234 valence electrons. The average molecular weight is 635 g/mol. The number of anilines is 3. The molecule has 0 atom stereocenters. The first-order valence-corrected chi connectivity index (χ1v) is 15.6. The molecule has 3 N–H and O–H groups in total. The van der Waals surface area contributed by atoms with E-state index in [2.05, 4.69) is 47.6 Å². The molecule has 5 aromatic rings. The Kier molecular flexibility index (Phi) is 8.83. The first-order valence-electron chi connectivity index (χ1n) is 14.7. The highest BCUT2D eigenvalue weighted by Gasteiger charge is 2.34.